The minimum absolute atomic E-state index is 0.00427. The molecular formula is C15H12N4O2S. The zero-order valence-corrected chi connectivity index (χ0v) is 12.5. The Morgan fingerprint density at radius 3 is 2.59 bits per heavy atom. The van der Waals surface area contributed by atoms with Crippen LogP contribution >= 0.6 is 11.8 Å². The quantitative estimate of drug-likeness (QED) is 0.544. The van der Waals surface area contributed by atoms with Gasteiger partial charge in [0, 0.05) is 31.1 Å². The van der Waals surface area contributed by atoms with E-state index in [1.165, 1.54) is 17.8 Å². The number of aryl methyl sites for hydroxylation is 1. The maximum atomic E-state index is 11.2. The molecule has 0 N–H and O–H groups in total. The molecule has 3 aromatic rings. The minimum Gasteiger partial charge on any atom is -0.329 e. The third kappa shape index (κ3) is 2.84. The van der Waals surface area contributed by atoms with Crippen molar-refractivity contribution >= 4 is 17.4 Å². The van der Waals surface area contributed by atoms with E-state index in [2.05, 4.69) is 9.97 Å². The van der Waals surface area contributed by atoms with Crippen molar-refractivity contribution in [2.45, 2.75) is 10.2 Å². The van der Waals surface area contributed by atoms with Gasteiger partial charge in [-0.15, -0.1) is 0 Å². The van der Waals surface area contributed by atoms with Gasteiger partial charge in [0.05, 0.1) is 4.92 Å². The number of benzene rings is 1. The Hall–Kier alpha value is -2.67. The first-order valence-electron chi connectivity index (χ1n) is 6.51. The molecule has 0 atom stereocenters. The van der Waals surface area contributed by atoms with E-state index in [1.807, 2.05) is 48.1 Å². The van der Waals surface area contributed by atoms with Crippen molar-refractivity contribution < 1.29 is 4.92 Å². The van der Waals surface area contributed by atoms with Crippen molar-refractivity contribution in [2.75, 3.05) is 0 Å². The Morgan fingerprint density at radius 2 is 1.95 bits per heavy atom. The second kappa shape index (κ2) is 5.98. The molecular weight excluding hydrogens is 300 g/mol. The number of aromatic nitrogens is 3. The molecule has 0 amide bonds. The topological polar surface area (TPSA) is 73.8 Å². The first kappa shape index (κ1) is 14.3. The van der Waals surface area contributed by atoms with Gasteiger partial charge in [-0.25, -0.2) is 9.97 Å². The van der Waals surface area contributed by atoms with Crippen molar-refractivity contribution in [3.05, 3.63) is 65.0 Å². The highest BCUT2D eigenvalue weighted by Crippen LogP contribution is 2.32. The van der Waals surface area contributed by atoms with Gasteiger partial charge >= 0.3 is 0 Å². The molecule has 0 saturated heterocycles. The first-order valence-corrected chi connectivity index (χ1v) is 7.33. The molecule has 1 aromatic carbocycles. The zero-order chi connectivity index (χ0) is 15.5. The summed E-state index contributed by atoms with van der Waals surface area (Å²) >= 11 is 1.37. The van der Waals surface area contributed by atoms with E-state index >= 15 is 0 Å². The van der Waals surface area contributed by atoms with Crippen molar-refractivity contribution in [2.24, 2.45) is 7.05 Å². The Kier molecular flexibility index (Phi) is 3.88. The maximum absolute atomic E-state index is 11.2. The van der Waals surface area contributed by atoms with Crippen LogP contribution in [-0.4, -0.2) is 19.5 Å². The van der Waals surface area contributed by atoms with Crippen LogP contribution in [0.15, 0.2) is 65.0 Å². The van der Waals surface area contributed by atoms with Gasteiger partial charge in [-0.05, 0) is 17.8 Å². The Balaban J connectivity index is 2.04. The number of hydrogen-bond donors (Lipinski definition) is 0. The molecule has 2 aromatic heterocycles. The van der Waals surface area contributed by atoms with Gasteiger partial charge in [-0.3, -0.25) is 10.1 Å². The zero-order valence-electron chi connectivity index (χ0n) is 11.7. The van der Waals surface area contributed by atoms with Crippen molar-refractivity contribution in [1.29, 1.82) is 0 Å². The fourth-order valence-corrected chi connectivity index (χ4v) is 2.77. The molecule has 0 radical (unpaired) electrons. The molecule has 0 saturated carbocycles. The molecule has 3 rings (SSSR count). The number of nitro groups is 1. The van der Waals surface area contributed by atoms with Gasteiger partial charge in [-0.2, -0.15) is 0 Å². The highest BCUT2D eigenvalue weighted by Gasteiger charge is 2.18. The van der Waals surface area contributed by atoms with Crippen LogP contribution in [0.1, 0.15) is 0 Å². The van der Waals surface area contributed by atoms with Crippen LogP contribution in [0.2, 0.25) is 0 Å². The lowest BCUT2D eigenvalue weighted by Crippen LogP contribution is -1.96. The van der Waals surface area contributed by atoms with Crippen molar-refractivity contribution in [1.82, 2.24) is 14.5 Å². The van der Waals surface area contributed by atoms with Crippen LogP contribution in [0, 0.1) is 10.1 Å². The molecule has 0 aliphatic rings. The summed E-state index contributed by atoms with van der Waals surface area (Å²) in [7, 11) is 1.89. The molecule has 0 unspecified atom stereocenters. The van der Waals surface area contributed by atoms with Crippen LogP contribution in [0.25, 0.3) is 11.3 Å². The van der Waals surface area contributed by atoms with Crippen LogP contribution in [0.5, 0.6) is 0 Å². The molecule has 0 bridgehead atoms. The van der Waals surface area contributed by atoms with Gasteiger partial charge in [-0.1, -0.05) is 30.3 Å². The normalized spacial score (nSPS) is 10.6. The molecule has 0 fully saturated rings. The van der Waals surface area contributed by atoms with Gasteiger partial charge in [0.25, 0.3) is 5.69 Å². The number of imidazole rings is 1. The SMILES string of the molecule is Cn1ccnc1Sc1ccc([N+](=O)[O-])c(-c2ccccc2)n1. The highest BCUT2D eigenvalue weighted by atomic mass is 32.2. The Morgan fingerprint density at radius 1 is 1.18 bits per heavy atom. The average molecular weight is 312 g/mol. The van der Waals surface area contributed by atoms with Crippen molar-refractivity contribution in [3.8, 4) is 11.3 Å². The summed E-state index contributed by atoms with van der Waals surface area (Å²) in [6.45, 7) is 0. The third-order valence-corrected chi connectivity index (χ3v) is 4.08. The molecule has 22 heavy (non-hydrogen) atoms. The third-order valence-electron chi connectivity index (χ3n) is 3.07. The standard InChI is InChI=1S/C15H12N4O2S/c1-18-10-9-16-15(18)22-13-8-7-12(19(20)21)14(17-13)11-5-3-2-4-6-11/h2-10H,1H3. The van der Waals surface area contributed by atoms with E-state index in [-0.39, 0.29) is 5.69 Å². The summed E-state index contributed by atoms with van der Waals surface area (Å²) in [5.41, 5.74) is 1.08. The predicted molar refractivity (Wildman–Crippen MR) is 83.7 cm³/mol. The van der Waals surface area contributed by atoms with Crippen LogP contribution in [0.3, 0.4) is 0 Å². The van der Waals surface area contributed by atoms with Gasteiger partial charge in [0.15, 0.2) is 5.16 Å². The summed E-state index contributed by atoms with van der Waals surface area (Å²) < 4.78 is 1.87. The number of pyridine rings is 1. The van der Waals surface area contributed by atoms with E-state index in [1.54, 1.807) is 12.3 Å². The number of rotatable bonds is 4. The lowest BCUT2D eigenvalue weighted by atomic mass is 10.1. The van der Waals surface area contributed by atoms with Gasteiger partial charge in [0.2, 0.25) is 0 Å². The summed E-state index contributed by atoms with van der Waals surface area (Å²) in [6.07, 6.45) is 3.54. The molecule has 7 heteroatoms. The van der Waals surface area contributed by atoms with E-state index in [9.17, 15) is 10.1 Å². The Labute approximate surface area is 131 Å². The summed E-state index contributed by atoms with van der Waals surface area (Å²) in [5, 5.41) is 12.7. The van der Waals surface area contributed by atoms with Gasteiger partial charge < -0.3 is 4.57 Å². The van der Waals surface area contributed by atoms with E-state index in [0.29, 0.717) is 10.7 Å². The molecule has 0 aliphatic heterocycles. The molecule has 0 aliphatic carbocycles. The fraction of sp³-hybridized carbons (Fsp3) is 0.0667. The number of nitrogens with zero attached hydrogens (tertiary/aromatic N) is 4. The molecule has 6 nitrogen and oxygen atoms in total. The minimum atomic E-state index is -0.412. The second-order valence-electron chi connectivity index (χ2n) is 4.56. The van der Waals surface area contributed by atoms with E-state index in [4.69, 9.17) is 0 Å². The fourth-order valence-electron chi connectivity index (χ4n) is 1.99. The predicted octanol–water partition coefficient (Wildman–Crippen LogP) is 3.54. The number of hydrogen-bond acceptors (Lipinski definition) is 5. The second-order valence-corrected chi connectivity index (χ2v) is 5.55. The van der Waals surface area contributed by atoms with Crippen LogP contribution in [-0.2, 0) is 7.05 Å². The molecule has 2 heterocycles. The molecule has 110 valence electrons. The lowest BCUT2D eigenvalue weighted by molar-refractivity contribution is -0.384. The smallest absolute Gasteiger partial charge is 0.295 e. The average Bonchev–Trinajstić information content (AvgIpc) is 2.93. The van der Waals surface area contributed by atoms with E-state index in [0.717, 1.165) is 10.7 Å². The van der Waals surface area contributed by atoms with Gasteiger partial charge in [0.1, 0.15) is 10.7 Å². The monoisotopic (exact) mass is 312 g/mol. The first-order chi connectivity index (χ1) is 10.6. The summed E-state index contributed by atoms with van der Waals surface area (Å²) in [5.74, 6) is 0. The van der Waals surface area contributed by atoms with E-state index < -0.39 is 4.92 Å². The maximum Gasteiger partial charge on any atom is 0.295 e. The van der Waals surface area contributed by atoms with Crippen molar-refractivity contribution in [3.63, 3.8) is 0 Å². The molecule has 0 spiro atoms. The van der Waals surface area contributed by atoms with Crippen LogP contribution < -0.4 is 0 Å². The van der Waals surface area contributed by atoms with Crippen LogP contribution in [0.4, 0.5) is 5.69 Å². The largest absolute Gasteiger partial charge is 0.329 e. The summed E-state index contributed by atoms with van der Waals surface area (Å²) in [6, 6.07) is 12.3. The Bertz CT molecular complexity index is 817. The summed E-state index contributed by atoms with van der Waals surface area (Å²) in [4.78, 5) is 19.5. The lowest BCUT2D eigenvalue weighted by Gasteiger charge is -2.06. The highest BCUT2D eigenvalue weighted by molar-refractivity contribution is 7.99.